The van der Waals surface area contributed by atoms with Gasteiger partial charge in [-0.05, 0) is 90.6 Å². The van der Waals surface area contributed by atoms with Gasteiger partial charge in [0.2, 0.25) is 0 Å². The fraction of sp³-hybridized carbons (Fsp3) is 0.346. The number of aliphatic carboxylic acids is 1. The maximum absolute atomic E-state index is 10.8. The zero-order valence-electron chi connectivity index (χ0n) is 18.4. The molecule has 0 aromatic heterocycles. The molecule has 0 amide bonds. The van der Waals surface area contributed by atoms with E-state index in [0.29, 0.717) is 5.92 Å². The van der Waals surface area contributed by atoms with Crippen molar-refractivity contribution in [2.45, 2.75) is 54.0 Å². The van der Waals surface area contributed by atoms with Gasteiger partial charge in [-0.15, -0.1) is 0 Å². The Balaban J connectivity index is 2.56. The van der Waals surface area contributed by atoms with Crippen LogP contribution < -0.4 is 5.73 Å². The zero-order chi connectivity index (χ0) is 21.7. The van der Waals surface area contributed by atoms with Crippen molar-refractivity contribution in [3.63, 3.8) is 0 Å². The molecule has 29 heavy (non-hydrogen) atoms. The van der Waals surface area contributed by atoms with Crippen LogP contribution >= 0.6 is 0 Å². The number of hydrogen-bond acceptors (Lipinski definition) is 2. The van der Waals surface area contributed by atoms with E-state index in [2.05, 4.69) is 52.0 Å². The van der Waals surface area contributed by atoms with Crippen molar-refractivity contribution in [3.8, 4) is 0 Å². The molecule has 3 heteroatoms. The second-order valence-corrected chi connectivity index (χ2v) is 8.29. The summed E-state index contributed by atoms with van der Waals surface area (Å²) in [6.45, 7) is 12.8. The van der Waals surface area contributed by atoms with Crippen molar-refractivity contribution in [1.29, 1.82) is 0 Å². The molecule has 2 aromatic rings. The van der Waals surface area contributed by atoms with Crippen molar-refractivity contribution in [2.75, 3.05) is 0 Å². The minimum Gasteiger partial charge on any atom is -0.478 e. The second-order valence-electron chi connectivity index (χ2n) is 8.29. The first-order chi connectivity index (χ1) is 13.6. The van der Waals surface area contributed by atoms with Gasteiger partial charge in [-0.1, -0.05) is 50.2 Å². The van der Waals surface area contributed by atoms with Gasteiger partial charge in [0.05, 0.1) is 6.04 Å². The molecule has 3 nitrogen and oxygen atoms in total. The molecule has 3 N–H and O–H groups in total. The number of rotatable bonds is 7. The van der Waals surface area contributed by atoms with Crippen LogP contribution in [-0.4, -0.2) is 11.1 Å². The maximum Gasteiger partial charge on any atom is 0.328 e. The molecule has 0 heterocycles. The molecule has 0 spiro atoms. The predicted molar refractivity (Wildman–Crippen MR) is 123 cm³/mol. The lowest BCUT2D eigenvalue weighted by molar-refractivity contribution is -0.131. The van der Waals surface area contributed by atoms with Crippen molar-refractivity contribution in [3.05, 3.63) is 81.4 Å². The molecule has 0 bridgehead atoms. The van der Waals surface area contributed by atoms with Crippen LogP contribution in [-0.2, 0) is 4.79 Å². The molecule has 0 aliphatic heterocycles. The quantitative estimate of drug-likeness (QED) is 0.550. The molecule has 0 fully saturated rings. The molecule has 2 rings (SSSR count). The number of allylic oxidation sites excluding steroid dienone is 1. The van der Waals surface area contributed by atoms with E-state index in [0.717, 1.165) is 34.8 Å². The molecule has 154 valence electrons. The molecule has 0 unspecified atom stereocenters. The third kappa shape index (κ3) is 5.68. The summed E-state index contributed by atoms with van der Waals surface area (Å²) in [6.07, 6.45) is 3.76. The van der Waals surface area contributed by atoms with Crippen LogP contribution in [0.2, 0.25) is 0 Å². The summed E-state index contributed by atoms with van der Waals surface area (Å²) >= 11 is 0. The Morgan fingerprint density at radius 3 is 2.17 bits per heavy atom. The molecule has 2 aromatic carbocycles. The van der Waals surface area contributed by atoms with Gasteiger partial charge in [0.15, 0.2) is 0 Å². The highest BCUT2D eigenvalue weighted by atomic mass is 16.4. The SMILES string of the molecule is C/C(=C(/CC(C)C)c1ccccc1C)[C@H](N)c1c(C)cc(/C=C/C(=O)O)cc1C. The fourth-order valence-corrected chi connectivity index (χ4v) is 3.97. The van der Waals surface area contributed by atoms with Crippen LogP contribution in [0.1, 0.15) is 66.6 Å². The first-order valence-corrected chi connectivity index (χ1v) is 10.1. The average Bonchev–Trinajstić information content (AvgIpc) is 2.63. The topological polar surface area (TPSA) is 63.3 Å². The van der Waals surface area contributed by atoms with Crippen LogP contribution in [0.4, 0.5) is 0 Å². The highest BCUT2D eigenvalue weighted by molar-refractivity contribution is 5.85. The molecule has 1 atom stereocenters. The molecule has 0 aliphatic rings. The third-order valence-electron chi connectivity index (χ3n) is 5.37. The number of carboxylic acids is 1. The lowest BCUT2D eigenvalue weighted by Gasteiger charge is -2.24. The van der Waals surface area contributed by atoms with Crippen LogP contribution in [0.3, 0.4) is 0 Å². The van der Waals surface area contributed by atoms with Crippen LogP contribution in [0.5, 0.6) is 0 Å². The summed E-state index contributed by atoms with van der Waals surface area (Å²) in [5.74, 6) is -0.422. The van der Waals surface area contributed by atoms with Crippen LogP contribution in [0, 0.1) is 26.7 Å². The number of hydrogen-bond donors (Lipinski definition) is 2. The average molecular weight is 392 g/mol. The van der Waals surface area contributed by atoms with Gasteiger partial charge in [-0.3, -0.25) is 0 Å². The first kappa shape index (κ1) is 22.6. The summed E-state index contributed by atoms with van der Waals surface area (Å²) < 4.78 is 0. The van der Waals surface area contributed by atoms with Gasteiger partial charge in [-0.25, -0.2) is 4.79 Å². The number of carbonyl (C=O) groups is 1. The van der Waals surface area contributed by atoms with E-state index in [1.165, 1.54) is 22.3 Å². The number of aryl methyl sites for hydroxylation is 3. The van der Waals surface area contributed by atoms with Crippen molar-refractivity contribution < 1.29 is 9.90 Å². The van der Waals surface area contributed by atoms with Gasteiger partial charge in [0.1, 0.15) is 0 Å². The van der Waals surface area contributed by atoms with Gasteiger partial charge in [-0.2, -0.15) is 0 Å². The summed E-state index contributed by atoms with van der Waals surface area (Å²) in [5, 5.41) is 8.88. The lowest BCUT2D eigenvalue weighted by atomic mass is 9.84. The van der Waals surface area contributed by atoms with Gasteiger partial charge in [0.25, 0.3) is 0 Å². The lowest BCUT2D eigenvalue weighted by Crippen LogP contribution is -2.17. The maximum atomic E-state index is 10.8. The van der Waals surface area contributed by atoms with E-state index < -0.39 is 5.97 Å². The monoisotopic (exact) mass is 391 g/mol. The smallest absolute Gasteiger partial charge is 0.328 e. The Bertz CT molecular complexity index is 928. The number of carboxylic acid groups (broad SMARTS) is 1. The van der Waals surface area contributed by atoms with Crippen LogP contribution in [0.15, 0.2) is 48.0 Å². The van der Waals surface area contributed by atoms with E-state index in [1.807, 2.05) is 26.0 Å². The molecular weight excluding hydrogens is 358 g/mol. The van der Waals surface area contributed by atoms with E-state index in [9.17, 15) is 4.79 Å². The largest absolute Gasteiger partial charge is 0.478 e. The predicted octanol–water partition coefficient (Wildman–Crippen LogP) is 6.23. The molecule has 0 saturated heterocycles. The molecule has 0 saturated carbocycles. The third-order valence-corrected chi connectivity index (χ3v) is 5.37. The Morgan fingerprint density at radius 1 is 1.07 bits per heavy atom. The van der Waals surface area contributed by atoms with Crippen molar-refractivity contribution in [1.82, 2.24) is 0 Å². The summed E-state index contributed by atoms with van der Waals surface area (Å²) in [6, 6.07) is 12.3. The van der Waals surface area contributed by atoms with E-state index in [4.69, 9.17) is 10.8 Å². The Morgan fingerprint density at radius 2 is 1.66 bits per heavy atom. The first-order valence-electron chi connectivity index (χ1n) is 10.1. The van der Waals surface area contributed by atoms with E-state index in [1.54, 1.807) is 6.08 Å². The van der Waals surface area contributed by atoms with Crippen LogP contribution in [0.25, 0.3) is 11.6 Å². The fourth-order valence-electron chi connectivity index (χ4n) is 3.97. The molecule has 0 radical (unpaired) electrons. The highest BCUT2D eigenvalue weighted by Gasteiger charge is 2.19. The van der Waals surface area contributed by atoms with Gasteiger partial charge < -0.3 is 10.8 Å². The van der Waals surface area contributed by atoms with Gasteiger partial charge in [0, 0.05) is 6.08 Å². The van der Waals surface area contributed by atoms with E-state index in [-0.39, 0.29) is 6.04 Å². The van der Waals surface area contributed by atoms with E-state index >= 15 is 0 Å². The van der Waals surface area contributed by atoms with Crippen molar-refractivity contribution in [2.24, 2.45) is 11.7 Å². The molecule has 0 aliphatic carbocycles. The summed E-state index contributed by atoms with van der Waals surface area (Å²) in [7, 11) is 0. The zero-order valence-corrected chi connectivity index (χ0v) is 18.4. The summed E-state index contributed by atoms with van der Waals surface area (Å²) in [4.78, 5) is 10.8. The van der Waals surface area contributed by atoms with Crippen molar-refractivity contribution >= 4 is 17.6 Å². The standard InChI is InChI=1S/C26H33NO2/c1-16(2)13-23(22-10-8-7-9-17(22)3)20(6)26(27)25-18(4)14-21(15-19(25)5)11-12-24(28)29/h7-12,14-16,26H,13,27H2,1-6H3,(H,28,29)/b12-11+,23-20+/t26-/m0/s1. The second kappa shape index (κ2) is 9.71. The number of nitrogens with two attached hydrogens (primary N) is 1. The minimum atomic E-state index is -0.948. The Labute approximate surface area is 175 Å². The number of benzene rings is 2. The Hall–Kier alpha value is -2.65. The molecular formula is C26H33NO2. The minimum absolute atomic E-state index is 0.208. The normalized spacial score (nSPS) is 13.7. The highest BCUT2D eigenvalue weighted by Crippen LogP contribution is 2.35. The Kier molecular flexibility index (Phi) is 7.58. The summed E-state index contributed by atoms with van der Waals surface area (Å²) in [5.41, 5.74) is 16.0. The van der Waals surface area contributed by atoms with Gasteiger partial charge >= 0.3 is 5.97 Å².